The summed E-state index contributed by atoms with van der Waals surface area (Å²) in [6.07, 6.45) is 3.45. The normalized spacial score (nSPS) is 17.6. The molecule has 0 radical (unpaired) electrons. The van der Waals surface area contributed by atoms with Crippen LogP contribution in [0.4, 0.5) is 0 Å². The summed E-state index contributed by atoms with van der Waals surface area (Å²) in [4.78, 5) is 6.05. The summed E-state index contributed by atoms with van der Waals surface area (Å²) < 4.78 is 5.72. The van der Waals surface area contributed by atoms with Gasteiger partial charge in [-0.2, -0.15) is 5.26 Å². The molecule has 1 N–H and O–H groups in total. The van der Waals surface area contributed by atoms with Crippen LogP contribution >= 0.6 is 0 Å². The van der Waals surface area contributed by atoms with Gasteiger partial charge in [0.1, 0.15) is 12.2 Å². The fraction of sp³-hybridized carbons (Fsp3) is 0.500. The summed E-state index contributed by atoms with van der Waals surface area (Å²) >= 11 is 0. The van der Waals surface area contributed by atoms with E-state index in [1.807, 2.05) is 11.0 Å². The number of aliphatic hydroxyl groups is 1. The molecular weight excluding hydrogens is 218 g/mol. The fourth-order valence-electron chi connectivity index (χ4n) is 1.86. The van der Waals surface area contributed by atoms with Crippen LogP contribution in [-0.4, -0.2) is 40.9 Å². The van der Waals surface area contributed by atoms with Gasteiger partial charge in [-0.15, -0.1) is 0 Å². The van der Waals surface area contributed by atoms with Gasteiger partial charge in [0.15, 0.2) is 0 Å². The summed E-state index contributed by atoms with van der Waals surface area (Å²) in [5, 5.41) is 17.6. The first kappa shape index (κ1) is 11.8. The summed E-state index contributed by atoms with van der Waals surface area (Å²) in [5.41, 5.74) is 0.535. The van der Waals surface area contributed by atoms with E-state index in [2.05, 4.69) is 4.98 Å². The first-order valence-electron chi connectivity index (χ1n) is 5.68. The highest BCUT2D eigenvalue weighted by molar-refractivity contribution is 5.28. The molecule has 0 amide bonds. The molecule has 0 aliphatic carbocycles. The van der Waals surface area contributed by atoms with Crippen LogP contribution < -0.4 is 4.74 Å². The third-order valence-corrected chi connectivity index (χ3v) is 2.89. The lowest BCUT2D eigenvalue weighted by atomic mass is 10.1. The molecule has 0 unspecified atom stereocenters. The smallest absolute Gasteiger partial charge is 0.213 e. The number of aliphatic hydroxyl groups excluding tert-OH is 1. The maximum Gasteiger partial charge on any atom is 0.213 e. The second-order valence-corrected chi connectivity index (χ2v) is 4.07. The lowest BCUT2D eigenvalue weighted by Crippen LogP contribution is -2.38. The summed E-state index contributed by atoms with van der Waals surface area (Å²) in [6.45, 7) is 1.80. The second-order valence-electron chi connectivity index (χ2n) is 4.07. The summed E-state index contributed by atoms with van der Waals surface area (Å²) in [5.74, 6) is 0.562. The van der Waals surface area contributed by atoms with Gasteiger partial charge in [0.05, 0.1) is 12.3 Å². The number of aromatic nitrogens is 1. The van der Waals surface area contributed by atoms with E-state index in [-0.39, 0.29) is 12.8 Å². The Morgan fingerprint density at radius 3 is 2.76 bits per heavy atom. The number of hydrogen-bond acceptors (Lipinski definition) is 5. The maximum absolute atomic E-state index is 8.97. The minimum Gasteiger partial charge on any atom is -0.474 e. The molecule has 0 saturated carbocycles. The van der Waals surface area contributed by atoms with Crippen molar-refractivity contribution in [1.82, 2.24) is 9.88 Å². The van der Waals surface area contributed by atoms with E-state index in [0.717, 1.165) is 25.9 Å². The first-order valence-corrected chi connectivity index (χ1v) is 5.68. The number of ether oxygens (including phenoxy) is 1. The minimum absolute atomic E-state index is 0.113. The molecule has 17 heavy (non-hydrogen) atoms. The van der Waals surface area contributed by atoms with Crippen molar-refractivity contribution in [3.05, 3.63) is 23.9 Å². The maximum atomic E-state index is 8.97. The molecule has 90 valence electrons. The highest BCUT2D eigenvalue weighted by Gasteiger charge is 2.19. The van der Waals surface area contributed by atoms with Gasteiger partial charge in [0, 0.05) is 25.4 Å². The largest absolute Gasteiger partial charge is 0.474 e. The Morgan fingerprint density at radius 1 is 1.47 bits per heavy atom. The Balaban J connectivity index is 1.87. The zero-order chi connectivity index (χ0) is 12.1. The third kappa shape index (κ3) is 3.16. The van der Waals surface area contributed by atoms with Crippen molar-refractivity contribution in [2.45, 2.75) is 18.9 Å². The van der Waals surface area contributed by atoms with Crippen molar-refractivity contribution in [1.29, 1.82) is 5.26 Å². The van der Waals surface area contributed by atoms with Crippen LogP contribution in [-0.2, 0) is 0 Å². The predicted octanol–water partition coefficient (Wildman–Crippen LogP) is 0.746. The molecule has 0 atom stereocenters. The van der Waals surface area contributed by atoms with E-state index in [9.17, 15) is 0 Å². The molecule has 1 aliphatic rings. The number of rotatable bonds is 3. The van der Waals surface area contributed by atoms with Crippen molar-refractivity contribution >= 4 is 0 Å². The minimum atomic E-state index is 0.113. The molecule has 2 heterocycles. The van der Waals surface area contributed by atoms with Crippen LogP contribution in [0.25, 0.3) is 0 Å². The van der Waals surface area contributed by atoms with Crippen LogP contribution in [0.5, 0.6) is 5.88 Å². The molecule has 0 aromatic carbocycles. The van der Waals surface area contributed by atoms with Gasteiger partial charge < -0.3 is 9.84 Å². The second kappa shape index (κ2) is 5.62. The van der Waals surface area contributed by atoms with Gasteiger partial charge in [0.2, 0.25) is 5.88 Å². The highest BCUT2D eigenvalue weighted by atomic mass is 16.5. The van der Waals surface area contributed by atoms with Crippen molar-refractivity contribution in [2.24, 2.45) is 0 Å². The molecular formula is C12H15N3O2. The lowest BCUT2D eigenvalue weighted by molar-refractivity contribution is 0.0425. The highest BCUT2D eigenvalue weighted by Crippen LogP contribution is 2.16. The predicted molar refractivity (Wildman–Crippen MR) is 61.3 cm³/mol. The summed E-state index contributed by atoms with van der Waals surface area (Å²) in [7, 11) is 0. The van der Waals surface area contributed by atoms with Gasteiger partial charge in [-0.3, -0.25) is 4.90 Å². The quantitative estimate of drug-likeness (QED) is 0.834. The number of nitrogens with zero attached hydrogens (tertiary/aromatic N) is 3. The third-order valence-electron chi connectivity index (χ3n) is 2.89. The molecule has 0 bridgehead atoms. The Hall–Kier alpha value is -1.64. The fourth-order valence-corrected chi connectivity index (χ4v) is 1.86. The van der Waals surface area contributed by atoms with Gasteiger partial charge in [-0.1, -0.05) is 0 Å². The lowest BCUT2D eigenvalue weighted by Gasteiger charge is -2.30. The van der Waals surface area contributed by atoms with Gasteiger partial charge in [-0.05, 0) is 18.9 Å². The van der Waals surface area contributed by atoms with E-state index in [1.165, 1.54) is 6.20 Å². The molecule has 1 aromatic heterocycles. The van der Waals surface area contributed by atoms with Gasteiger partial charge in [0.25, 0.3) is 0 Å². The Kier molecular flexibility index (Phi) is 3.91. The molecule has 2 rings (SSSR count). The van der Waals surface area contributed by atoms with Crippen molar-refractivity contribution in [3.63, 3.8) is 0 Å². The summed E-state index contributed by atoms with van der Waals surface area (Å²) in [6, 6.07) is 5.44. The number of likely N-dealkylation sites (tertiary alicyclic amines) is 1. The first-order chi connectivity index (χ1) is 8.31. The van der Waals surface area contributed by atoms with Crippen LogP contribution in [0, 0.1) is 11.3 Å². The van der Waals surface area contributed by atoms with E-state index in [1.54, 1.807) is 12.1 Å². The molecule has 1 saturated heterocycles. The Morgan fingerprint density at radius 2 is 2.24 bits per heavy atom. The molecule has 0 spiro atoms. The van der Waals surface area contributed by atoms with Crippen LogP contribution in [0.3, 0.4) is 0 Å². The standard InChI is InChI=1S/C12H15N3O2/c13-7-10-1-2-12(14-8-10)17-11-3-5-15(9-16)6-4-11/h1-2,8,11,16H,3-6,9H2. The van der Waals surface area contributed by atoms with Crippen molar-refractivity contribution < 1.29 is 9.84 Å². The van der Waals surface area contributed by atoms with Crippen molar-refractivity contribution in [3.8, 4) is 11.9 Å². The van der Waals surface area contributed by atoms with E-state index in [4.69, 9.17) is 15.1 Å². The zero-order valence-corrected chi connectivity index (χ0v) is 9.54. The average Bonchev–Trinajstić information content (AvgIpc) is 2.40. The van der Waals surface area contributed by atoms with E-state index < -0.39 is 0 Å². The van der Waals surface area contributed by atoms with Gasteiger partial charge in [-0.25, -0.2) is 4.98 Å². The molecule has 1 aliphatic heterocycles. The van der Waals surface area contributed by atoms with Crippen molar-refractivity contribution in [2.75, 3.05) is 19.8 Å². The number of piperidine rings is 1. The Labute approximate surface area is 100 Å². The van der Waals surface area contributed by atoms with Gasteiger partial charge >= 0.3 is 0 Å². The zero-order valence-electron chi connectivity index (χ0n) is 9.54. The molecule has 1 fully saturated rings. The topological polar surface area (TPSA) is 69.4 Å². The monoisotopic (exact) mass is 233 g/mol. The SMILES string of the molecule is N#Cc1ccc(OC2CCN(CO)CC2)nc1. The van der Waals surface area contributed by atoms with Crippen LogP contribution in [0.15, 0.2) is 18.3 Å². The molecule has 5 nitrogen and oxygen atoms in total. The average molecular weight is 233 g/mol. The number of pyridine rings is 1. The van der Waals surface area contributed by atoms with E-state index >= 15 is 0 Å². The van der Waals surface area contributed by atoms with Crippen LogP contribution in [0.2, 0.25) is 0 Å². The number of nitriles is 1. The van der Waals surface area contributed by atoms with Crippen LogP contribution in [0.1, 0.15) is 18.4 Å². The molecule has 1 aromatic rings. The molecule has 5 heteroatoms. The number of hydrogen-bond donors (Lipinski definition) is 1. The van der Waals surface area contributed by atoms with E-state index in [0.29, 0.717) is 11.4 Å². The Bertz CT molecular complexity index is 391.